The molecule has 138 valence electrons. The molecule has 0 aromatic heterocycles. The van der Waals surface area contributed by atoms with Gasteiger partial charge in [-0.25, -0.2) is 0 Å². The van der Waals surface area contributed by atoms with Gasteiger partial charge in [-0.3, -0.25) is 4.79 Å². The SMILES string of the molecule is CCC(NC(=O)CCSc1ccc(Cl)cc1)c1ccc2c(c1)CCCC2. The van der Waals surface area contributed by atoms with Gasteiger partial charge >= 0.3 is 0 Å². The summed E-state index contributed by atoms with van der Waals surface area (Å²) in [5.41, 5.74) is 4.20. The van der Waals surface area contributed by atoms with Crippen LogP contribution in [0.5, 0.6) is 0 Å². The number of rotatable bonds is 7. The highest BCUT2D eigenvalue weighted by Gasteiger charge is 2.16. The van der Waals surface area contributed by atoms with Crippen LogP contribution in [0.3, 0.4) is 0 Å². The fraction of sp³-hybridized carbons (Fsp3) is 0.409. The normalized spacial score (nSPS) is 14.5. The van der Waals surface area contributed by atoms with Gasteiger partial charge in [0.25, 0.3) is 0 Å². The standard InChI is InChI=1S/C22H26ClNOS/c1-2-21(18-8-7-16-5-3-4-6-17(16)15-18)24-22(25)13-14-26-20-11-9-19(23)10-12-20/h7-12,15,21H,2-6,13-14H2,1H3,(H,24,25). The molecule has 1 amide bonds. The minimum atomic E-state index is 0.107. The van der Waals surface area contributed by atoms with E-state index in [4.69, 9.17) is 11.6 Å². The molecule has 0 saturated carbocycles. The lowest BCUT2D eigenvalue weighted by atomic mass is 9.89. The average molecular weight is 388 g/mol. The monoisotopic (exact) mass is 387 g/mol. The van der Waals surface area contributed by atoms with Crippen molar-refractivity contribution in [3.63, 3.8) is 0 Å². The van der Waals surface area contributed by atoms with Gasteiger partial charge in [0, 0.05) is 22.1 Å². The van der Waals surface area contributed by atoms with E-state index in [1.807, 2.05) is 24.3 Å². The number of carbonyl (C=O) groups is 1. The Hall–Kier alpha value is -1.45. The first-order chi connectivity index (χ1) is 12.7. The predicted molar refractivity (Wildman–Crippen MR) is 111 cm³/mol. The van der Waals surface area contributed by atoms with Crippen LogP contribution in [-0.2, 0) is 17.6 Å². The Kier molecular flexibility index (Phi) is 7.04. The molecule has 2 aromatic rings. The number of hydrogen-bond acceptors (Lipinski definition) is 2. The molecule has 26 heavy (non-hydrogen) atoms. The second-order valence-corrected chi connectivity index (χ2v) is 8.42. The third-order valence-electron chi connectivity index (χ3n) is 4.93. The Morgan fingerprint density at radius 3 is 2.58 bits per heavy atom. The van der Waals surface area contributed by atoms with Crippen LogP contribution in [0.25, 0.3) is 0 Å². The first-order valence-corrected chi connectivity index (χ1v) is 10.8. The molecular weight excluding hydrogens is 362 g/mol. The van der Waals surface area contributed by atoms with Crippen molar-refractivity contribution in [1.29, 1.82) is 0 Å². The zero-order valence-electron chi connectivity index (χ0n) is 15.3. The number of thioether (sulfide) groups is 1. The number of halogens is 1. The predicted octanol–water partition coefficient (Wildman–Crippen LogP) is 5.97. The van der Waals surface area contributed by atoms with Gasteiger partial charge in [0.1, 0.15) is 0 Å². The highest BCUT2D eigenvalue weighted by Crippen LogP contribution is 2.26. The molecule has 0 spiro atoms. The van der Waals surface area contributed by atoms with E-state index < -0.39 is 0 Å². The molecule has 1 unspecified atom stereocenters. The van der Waals surface area contributed by atoms with Crippen LogP contribution in [0.15, 0.2) is 47.4 Å². The Labute approximate surface area is 165 Å². The van der Waals surface area contributed by atoms with Crippen LogP contribution in [0, 0.1) is 0 Å². The summed E-state index contributed by atoms with van der Waals surface area (Å²) in [6, 6.07) is 14.6. The minimum absolute atomic E-state index is 0.107. The van der Waals surface area contributed by atoms with Gasteiger partial charge in [0.2, 0.25) is 5.91 Å². The van der Waals surface area contributed by atoms with Gasteiger partial charge in [-0.15, -0.1) is 11.8 Å². The van der Waals surface area contributed by atoms with Crippen molar-refractivity contribution < 1.29 is 4.79 Å². The Morgan fingerprint density at radius 1 is 1.12 bits per heavy atom. The molecule has 3 rings (SSSR count). The van der Waals surface area contributed by atoms with Gasteiger partial charge in [-0.1, -0.05) is 36.7 Å². The van der Waals surface area contributed by atoms with Crippen LogP contribution in [0.1, 0.15) is 55.3 Å². The number of hydrogen-bond donors (Lipinski definition) is 1. The summed E-state index contributed by atoms with van der Waals surface area (Å²) in [4.78, 5) is 13.5. The number of nitrogens with one attached hydrogen (secondary N) is 1. The number of aryl methyl sites for hydroxylation is 2. The quantitative estimate of drug-likeness (QED) is 0.593. The summed E-state index contributed by atoms with van der Waals surface area (Å²) < 4.78 is 0. The molecular formula is C22H26ClNOS. The molecule has 1 N–H and O–H groups in total. The molecule has 2 nitrogen and oxygen atoms in total. The summed E-state index contributed by atoms with van der Waals surface area (Å²) in [6.45, 7) is 2.13. The van der Waals surface area contributed by atoms with Crippen molar-refractivity contribution in [3.05, 3.63) is 64.2 Å². The zero-order chi connectivity index (χ0) is 18.4. The molecule has 1 aliphatic rings. The smallest absolute Gasteiger partial charge is 0.221 e. The van der Waals surface area contributed by atoms with Gasteiger partial charge < -0.3 is 5.32 Å². The summed E-state index contributed by atoms with van der Waals surface area (Å²) in [5, 5.41) is 3.95. The zero-order valence-corrected chi connectivity index (χ0v) is 16.8. The summed E-state index contributed by atoms with van der Waals surface area (Å²) in [7, 11) is 0. The van der Waals surface area contributed by atoms with Crippen molar-refractivity contribution in [1.82, 2.24) is 5.32 Å². The highest BCUT2D eigenvalue weighted by molar-refractivity contribution is 7.99. The Morgan fingerprint density at radius 2 is 1.85 bits per heavy atom. The first kappa shape index (κ1) is 19.3. The van der Waals surface area contributed by atoms with Crippen molar-refractivity contribution in [3.8, 4) is 0 Å². The van der Waals surface area contributed by atoms with E-state index in [9.17, 15) is 4.79 Å². The second-order valence-electron chi connectivity index (χ2n) is 6.82. The fourth-order valence-electron chi connectivity index (χ4n) is 3.45. The number of carbonyl (C=O) groups excluding carboxylic acids is 1. The van der Waals surface area contributed by atoms with Gasteiger partial charge in [0.05, 0.1) is 6.04 Å². The first-order valence-electron chi connectivity index (χ1n) is 9.45. The molecule has 1 aliphatic carbocycles. The van der Waals surface area contributed by atoms with E-state index in [1.165, 1.54) is 42.4 Å². The van der Waals surface area contributed by atoms with E-state index in [0.29, 0.717) is 6.42 Å². The molecule has 0 saturated heterocycles. The van der Waals surface area contributed by atoms with Gasteiger partial charge in [-0.05, 0) is 73.1 Å². The maximum absolute atomic E-state index is 12.4. The summed E-state index contributed by atoms with van der Waals surface area (Å²) in [6.07, 6.45) is 6.38. The van der Waals surface area contributed by atoms with Crippen molar-refractivity contribution in [2.45, 2.75) is 56.4 Å². The van der Waals surface area contributed by atoms with Crippen LogP contribution in [0.4, 0.5) is 0 Å². The van der Waals surface area contributed by atoms with Gasteiger partial charge in [-0.2, -0.15) is 0 Å². The van der Waals surface area contributed by atoms with E-state index in [1.54, 1.807) is 11.8 Å². The van der Waals surface area contributed by atoms with E-state index in [2.05, 4.69) is 30.4 Å². The Bertz CT molecular complexity index is 744. The lowest BCUT2D eigenvalue weighted by molar-refractivity contribution is -0.121. The van der Waals surface area contributed by atoms with Crippen LogP contribution in [0.2, 0.25) is 5.02 Å². The second kappa shape index (κ2) is 9.48. The lowest BCUT2D eigenvalue weighted by Crippen LogP contribution is -2.28. The lowest BCUT2D eigenvalue weighted by Gasteiger charge is -2.21. The number of amides is 1. The van der Waals surface area contributed by atoms with Crippen LogP contribution < -0.4 is 5.32 Å². The summed E-state index contributed by atoms with van der Waals surface area (Å²) >= 11 is 7.59. The van der Waals surface area contributed by atoms with Crippen LogP contribution in [-0.4, -0.2) is 11.7 Å². The maximum atomic E-state index is 12.4. The molecule has 0 bridgehead atoms. The van der Waals surface area contributed by atoms with E-state index in [-0.39, 0.29) is 11.9 Å². The minimum Gasteiger partial charge on any atom is -0.349 e. The van der Waals surface area contributed by atoms with Crippen molar-refractivity contribution in [2.24, 2.45) is 0 Å². The summed E-state index contributed by atoms with van der Waals surface area (Å²) in [5.74, 6) is 0.893. The van der Waals surface area contributed by atoms with Crippen LogP contribution >= 0.6 is 23.4 Å². The third-order valence-corrected chi connectivity index (χ3v) is 6.20. The van der Waals surface area contributed by atoms with Gasteiger partial charge in [0.15, 0.2) is 0 Å². The molecule has 4 heteroatoms. The molecule has 0 fully saturated rings. The maximum Gasteiger partial charge on any atom is 0.221 e. The topological polar surface area (TPSA) is 29.1 Å². The molecule has 0 heterocycles. The number of benzene rings is 2. The van der Waals surface area contributed by atoms with Crippen molar-refractivity contribution in [2.75, 3.05) is 5.75 Å². The Balaban J connectivity index is 1.52. The molecule has 2 aromatic carbocycles. The third kappa shape index (κ3) is 5.28. The average Bonchev–Trinajstić information content (AvgIpc) is 2.67. The highest BCUT2D eigenvalue weighted by atomic mass is 35.5. The fourth-order valence-corrected chi connectivity index (χ4v) is 4.43. The van der Waals surface area contributed by atoms with E-state index in [0.717, 1.165) is 22.1 Å². The largest absolute Gasteiger partial charge is 0.349 e. The molecule has 1 atom stereocenters. The molecule has 0 aliphatic heterocycles. The number of fused-ring (bicyclic) bond motifs is 1. The molecule has 0 radical (unpaired) electrons. The van der Waals surface area contributed by atoms with E-state index >= 15 is 0 Å². The van der Waals surface area contributed by atoms with Crippen molar-refractivity contribution >= 4 is 29.3 Å².